The molecule has 0 unspecified atom stereocenters. The minimum Gasteiger partial charge on any atom is -0.481 e. The van der Waals surface area contributed by atoms with Gasteiger partial charge in [-0.05, 0) is 47.4 Å². The molecule has 1 heterocycles. The standard InChI is InChI=1S/C21H20N2O3/c22-18-10-8-17(9-11-18)19-2-1-13-23(21(19)26)14-16-5-3-15(4-6-16)7-12-20(24)25/h1-6,8-11,13H,7,12,14,22H2,(H,24,25). The average molecular weight is 348 g/mol. The van der Waals surface area contributed by atoms with Crippen LogP contribution in [-0.4, -0.2) is 15.6 Å². The van der Waals surface area contributed by atoms with Gasteiger partial charge in [0.25, 0.3) is 5.56 Å². The molecule has 3 rings (SSSR count). The lowest BCUT2D eigenvalue weighted by atomic mass is 10.1. The molecule has 1 aromatic heterocycles. The number of carbonyl (C=O) groups is 1. The number of rotatable bonds is 6. The number of nitrogens with two attached hydrogens (primary N) is 1. The highest BCUT2D eigenvalue weighted by Crippen LogP contribution is 2.17. The molecule has 0 spiro atoms. The molecule has 3 aromatic rings. The average Bonchev–Trinajstić information content (AvgIpc) is 2.64. The maximum Gasteiger partial charge on any atom is 0.303 e. The van der Waals surface area contributed by atoms with Crippen molar-refractivity contribution >= 4 is 11.7 Å². The maximum atomic E-state index is 12.8. The van der Waals surface area contributed by atoms with Crippen molar-refractivity contribution in [2.45, 2.75) is 19.4 Å². The molecule has 0 saturated heterocycles. The van der Waals surface area contributed by atoms with Crippen molar-refractivity contribution in [1.29, 1.82) is 0 Å². The topological polar surface area (TPSA) is 85.3 Å². The number of nitrogens with zero attached hydrogens (tertiary/aromatic N) is 1. The number of aliphatic carboxylic acids is 1. The van der Waals surface area contributed by atoms with Crippen molar-refractivity contribution < 1.29 is 9.90 Å². The van der Waals surface area contributed by atoms with Gasteiger partial charge in [0.2, 0.25) is 0 Å². The first-order valence-corrected chi connectivity index (χ1v) is 8.38. The van der Waals surface area contributed by atoms with Crippen molar-refractivity contribution in [3.63, 3.8) is 0 Å². The smallest absolute Gasteiger partial charge is 0.303 e. The number of carboxylic acid groups (broad SMARTS) is 1. The van der Waals surface area contributed by atoms with Gasteiger partial charge >= 0.3 is 5.97 Å². The van der Waals surface area contributed by atoms with Gasteiger partial charge in [-0.25, -0.2) is 0 Å². The molecular formula is C21H20N2O3. The normalized spacial score (nSPS) is 10.6. The number of benzene rings is 2. The highest BCUT2D eigenvalue weighted by molar-refractivity contribution is 5.67. The van der Waals surface area contributed by atoms with E-state index in [-0.39, 0.29) is 12.0 Å². The fraction of sp³-hybridized carbons (Fsp3) is 0.143. The second kappa shape index (κ2) is 7.70. The molecular weight excluding hydrogens is 328 g/mol. The molecule has 5 heteroatoms. The molecule has 0 amide bonds. The second-order valence-electron chi connectivity index (χ2n) is 6.19. The predicted octanol–water partition coefficient (Wildman–Crippen LogP) is 3.16. The Bertz CT molecular complexity index is 958. The van der Waals surface area contributed by atoms with Crippen LogP contribution >= 0.6 is 0 Å². The van der Waals surface area contributed by atoms with Gasteiger partial charge in [0, 0.05) is 23.9 Å². The third-order valence-electron chi connectivity index (χ3n) is 4.25. The summed E-state index contributed by atoms with van der Waals surface area (Å²) in [4.78, 5) is 23.4. The summed E-state index contributed by atoms with van der Waals surface area (Å²) in [5.41, 5.74) is 9.73. The summed E-state index contributed by atoms with van der Waals surface area (Å²) in [7, 11) is 0. The molecule has 0 atom stereocenters. The van der Waals surface area contributed by atoms with Crippen LogP contribution in [0.4, 0.5) is 5.69 Å². The molecule has 0 bridgehead atoms. The zero-order valence-corrected chi connectivity index (χ0v) is 14.3. The quantitative estimate of drug-likeness (QED) is 0.670. The molecule has 3 N–H and O–H groups in total. The first-order valence-electron chi connectivity index (χ1n) is 8.38. The third-order valence-corrected chi connectivity index (χ3v) is 4.25. The zero-order valence-electron chi connectivity index (χ0n) is 14.3. The lowest BCUT2D eigenvalue weighted by molar-refractivity contribution is -0.136. The molecule has 132 valence electrons. The van der Waals surface area contributed by atoms with E-state index in [0.29, 0.717) is 24.2 Å². The summed E-state index contributed by atoms with van der Waals surface area (Å²) in [6, 6.07) is 18.6. The molecule has 0 radical (unpaired) electrons. The van der Waals surface area contributed by atoms with Gasteiger partial charge in [0.05, 0.1) is 6.54 Å². The van der Waals surface area contributed by atoms with E-state index >= 15 is 0 Å². The number of carboxylic acids is 1. The maximum absolute atomic E-state index is 12.8. The molecule has 0 saturated carbocycles. The highest BCUT2D eigenvalue weighted by Gasteiger charge is 2.07. The Hall–Kier alpha value is -3.34. The monoisotopic (exact) mass is 348 g/mol. The van der Waals surface area contributed by atoms with Crippen molar-refractivity contribution in [1.82, 2.24) is 4.57 Å². The van der Waals surface area contributed by atoms with Crippen LogP contribution < -0.4 is 11.3 Å². The van der Waals surface area contributed by atoms with E-state index in [1.54, 1.807) is 29.0 Å². The van der Waals surface area contributed by atoms with E-state index in [0.717, 1.165) is 16.7 Å². The summed E-state index contributed by atoms with van der Waals surface area (Å²) in [6.07, 6.45) is 2.38. The summed E-state index contributed by atoms with van der Waals surface area (Å²) in [5.74, 6) is -0.805. The van der Waals surface area contributed by atoms with Crippen LogP contribution in [0.2, 0.25) is 0 Å². The lowest BCUT2D eigenvalue weighted by Gasteiger charge is -2.09. The number of hydrogen-bond acceptors (Lipinski definition) is 3. The number of pyridine rings is 1. The Labute approximate surface area is 151 Å². The second-order valence-corrected chi connectivity index (χ2v) is 6.19. The third kappa shape index (κ3) is 4.19. The predicted molar refractivity (Wildman–Crippen MR) is 102 cm³/mol. The largest absolute Gasteiger partial charge is 0.481 e. The Morgan fingerprint density at radius 1 is 0.962 bits per heavy atom. The molecule has 0 aliphatic carbocycles. The highest BCUT2D eigenvalue weighted by atomic mass is 16.4. The van der Waals surface area contributed by atoms with E-state index in [9.17, 15) is 9.59 Å². The molecule has 0 aliphatic heterocycles. The minimum absolute atomic E-state index is 0.0628. The van der Waals surface area contributed by atoms with Gasteiger partial charge < -0.3 is 15.4 Å². The Morgan fingerprint density at radius 2 is 1.62 bits per heavy atom. The van der Waals surface area contributed by atoms with Crippen molar-refractivity contribution in [2.75, 3.05) is 5.73 Å². The van der Waals surface area contributed by atoms with Gasteiger partial charge in [-0.2, -0.15) is 0 Å². The fourth-order valence-corrected chi connectivity index (χ4v) is 2.80. The van der Waals surface area contributed by atoms with Crippen LogP contribution in [0, 0.1) is 0 Å². The molecule has 26 heavy (non-hydrogen) atoms. The van der Waals surface area contributed by atoms with E-state index in [1.807, 2.05) is 42.5 Å². The van der Waals surface area contributed by atoms with Crippen LogP contribution in [0.25, 0.3) is 11.1 Å². The van der Waals surface area contributed by atoms with Gasteiger partial charge in [-0.1, -0.05) is 36.4 Å². The number of anilines is 1. The van der Waals surface area contributed by atoms with Gasteiger partial charge in [0.15, 0.2) is 0 Å². The fourth-order valence-electron chi connectivity index (χ4n) is 2.80. The number of nitrogen functional groups attached to an aromatic ring is 1. The van der Waals surface area contributed by atoms with Crippen molar-refractivity contribution in [3.05, 3.63) is 88.3 Å². The van der Waals surface area contributed by atoms with Gasteiger partial charge in [-0.15, -0.1) is 0 Å². The van der Waals surface area contributed by atoms with Crippen LogP contribution in [0.1, 0.15) is 17.5 Å². The van der Waals surface area contributed by atoms with Crippen molar-refractivity contribution in [3.8, 4) is 11.1 Å². The van der Waals surface area contributed by atoms with Crippen LogP contribution in [0.3, 0.4) is 0 Å². The van der Waals surface area contributed by atoms with Crippen LogP contribution in [0.5, 0.6) is 0 Å². The molecule has 0 fully saturated rings. The first-order chi connectivity index (χ1) is 12.5. The summed E-state index contributed by atoms with van der Waals surface area (Å²) in [5, 5.41) is 8.74. The zero-order chi connectivity index (χ0) is 18.5. The number of aromatic nitrogens is 1. The molecule has 0 aliphatic rings. The molecule has 2 aromatic carbocycles. The number of hydrogen-bond donors (Lipinski definition) is 2. The lowest BCUT2D eigenvalue weighted by Crippen LogP contribution is -2.21. The minimum atomic E-state index is -0.805. The van der Waals surface area contributed by atoms with Crippen molar-refractivity contribution in [2.24, 2.45) is 0 Å². The Kier molecular flexibility index (Phi) is 5.17. The van der Waals surface area contributed by atoms with Crippen LogP contribution in [-0.2, 0) is 17.8 Å². The summed E-state index contributed by atoms with van der Waals surface area (Å²) < 4.78 is 1.66. The van der Waals surface area contributed by atoms with E-state index < -0.39 is 5.97 Å². The summed E-state index contributed by atoms with van der Waals surface area (Å²) in [6.45, 7) is 0.459. The van der Waals surface area contributed by atoms with E-state index in [2.05, 4.69) is 0 Å². The Morgan fingerprint density at radius 3 is 2.27 bits per heavy atom. The molecule has 5 nitrogen and oxygen atoms in total. The van der Waals surface area contributed by atoms with E-state index in [4.69, 9.17) is 10.8 Å². The SMILES string of the molecule is Nc1ccc(-c2cccn(Cc3ccc(CCC(=O)O)cc3)c2=O)cc1. The van der Waals surface area contributed by atoms with E-state index in [1.165, 1.54) is 0 Å². The van der Waals surface area contributed by atoms with Gasteiger partial charge in [-0.3, -0.25) is 9.59 Å². The first kappa shape index (κ1) is 17.5. The Balaban J connectivity index is 1.80. The number of aryl methyl sites for hydroxylation is 1. The van der Waals surface area contributed by atoms with Gasteiger partial charge in [0.1, 0.15) is 0 Å². The summed E-state index contributed by atoms with van der Waals surface area (Å²) >= 11 is 0. The van der Waals surface area contributed by atoms with Crippen LogP contribution in [0.15, 0.2) is 71.7 Å².